The van der Waals surface area contributed by atoms with Crippen LogP contribution in [0.3, 0.4) is 0 Å². The first kappa shape index (κ1) is 15.8. The van der Waals surface area contributed by atoms with Crippen molar-refractivity contribution in [3.8, 4) is 22.9 Å². The highest BCUT2D eigenvalue weighted by Crippen LogP contribution is 2.31. The Bertz CT molecular complexity index is 901. The largest absolute Gasteiger partial charge is 0.478 e. The van der Waals surface area contributed by atoms with E-state index in [4.69, 9.17) is 9.52 Å². The Morgan fingerprint density at radius 3 is 2.21 bits per heavy atom. The molecule has 0 bridgehead atoms. The molecular weight excluding hydrogens is 318 g/mol. The van der Waals surface area contributed by atoms with Gasteiger partial charge in [0.2, 0.25) is 11.8 Å². The number of aromatic nitrogens is 2. The van der Waals surface area contributed by atoms with Crippen LogP contribution in [-0.2, 0) is 5.92 Å². The van der Waals surface area contributed by atoms with Crippen molar-refractivity contribution in [1.29, 1.82) is 0 Å². The number of carboxylic acid groups (broad SMARTS) is 1. The molecule has 0 atom stereocenters. The number of carbonyl (C=O) groups is 1. The van der Waals surface area contributed by atoms with E-state index in [9.17, 15) is 13.6 Å². The Morgan fingerprint density at radius 1 is 1.04 bits per heavy atom. The number of hydrogen-bond donors (Lipinski definition) is 1. The zero-order chi connectivity index (χ0) is 17.3. The minimum atomic E-state index is -2.98. The Hall–Kier alpha value is -3.09. The molecule has 7 heteroatoms. The first-order chi connectivity index (χ1) is 11.3. The number of rotatable bonds is 4. The summed E-state index contributed by atoms with van der Waals surface area (Å²) < 4.78 is 32.3. The number of aromatic carboxylic acids is 1. The van der Waals surface area contributed by atoms with E-state index in [0.717, 1.165) is 6.92 Å². The zero-order valence-corrected chi connectivity index (χ0v) is 12.5. The van der Waals surface area contributed by atoms with Gasteiger partial charge >= 0.3 is 5.97 Å². The van der Waals surface area contributed by atoms with Gasteiger partial charge in [0.05, 0.1) is 5.56 Å². The normalized spacial score (nSPS) is 11.5. The van der Waals surface area contributed by atoms with Gasteiger partial charge in [-0.25, -0.2) is 13.6 Å². The molecule has 0 aliphatic carbocycles. The number of nitrogens with zero attached hydrogens (tertiary/aromatic N) is 2. The fraction of sp³-hybridized carbons (Fsp3) is 0.118. The van der Waals surface area contributed by atoms with Crippen LogP contribution in [0.4, 0.5) is 8.78 Å². The smallest absolute Gasteiger partial charge is 0.335 e. The van der Waals surface area contributed by atoms with Gasteiger partial charge in [0.15, 0.2) is 0 Å². The van der Waals surface area contributed by atoms with Gasteiger partial charge in [0, 0.05) is 23.6 Å². The van der Waals surface area contributed by atoms with Crippen molar-refractivity contribution in [3.63, 3.8) is 0 Å². The summed E-state index contributed by atoms with van der Waals surface area (Å²) in [6.07, 6.45) is 0. The number of carboxylic acids is 1. The van der Waals surface area contributed by atoms with E-state index in [1.165, 1.54) is 30.3 Å². The van der Waals surface area contributed by atoms with Crippen LogP contribution in [0.1, 0.15) is 22.8 Å². The molecule has 0 fully saturated rings. The highest BCUT2D eigenvalue weighted by molar-refractivity contribution is 5.88. The summed E-state index contributed by atoms with van der Waals surface area (Å²) in [5.41, 5.74) is 0.722. The van der Waals surface area contributed by atoms with Gasteiger partial charge in [-0.1, -0.05) is 18.2 Å². The Labute approximate surface area is 135 Å². The van der Waals surface area contributed by atoms with Gasteiger partial charge in [-0.05, 0) is 30.3 Å². The van der Waals surface area contributed by atoms with Gasteiger partial charge < -0.3 is 9.52 Å². The van der Waals surface area contributed by atoms with Crippen molar-refractivity contribution < 1.29 is 23.1 Å². The van der Waals surface area contributed by atoms with Crippen LogP contribution < -0.4 is 0 Å². The minimum absolute atomic E-state index is 0.0804. The quantitative estimate of drug-likeness (QED) is 0.775. The molecule has 3 aromatic rings. The maximum absolute atomic E-state index is 13.4. The predicted molar refractivity (Wildman–Crippen MR) is 81.7 cm³/mol. The molecule has 0 unspecified atom stereocenters. The molecule has 0 amide bonds. The molecule has 1 N–H and O–H groups in total. The predicted octanol–water partition coefficient (Wildman–Crippen LogP) is 4.21. The molecule has 0 spiro atoms. The van der Waals surface area contributed by atoms with Gasteiger partial charge in [-0.15, -0.1) is 10.2 Å². The van der Waals surface area contributed by atoms with Gasteiger partial charge in [-0.2, -0.15) is 0 Å². The topological polar surface area (TPSA) is 76.2 Å². The Kier molecular flexibility index (Phi) is 3.84. The summed E-state index contributed by atoms with van der Waals surface area (Å²) in [5.74, 6) is -3.86. The lowest BCUT2D eigenvalue weighted by Crippen LogP contribution is -2.06. The molecule has 24 heavy (non-hydrogen) atoms. The third-order valence-electron chi connectivity index (χ3n) is 3.40. The average molecular weight is 330 g/mol. The standard InChI is InChI=1S/C17H12F2N2O3/c1-17(18,19)13-7-3-5-11(9-13)15-21-20-14(24-15)10-4-2-6-12(8-10)16(22)23/h2-9H,1H3,(H,22,23). The highest BCUT2D eigenvalue weighted by Gasteiger charge is 2.25. The molecule has 1 heterocycles. The summed E-state index contributed by atoms with van der Waals surface area (Å²) in [7, 11) is 0. The maximum atomic E-state index is 13.4. The minimum Gasteiger partial charge on any atom is -0.478 e. The van der Waals surface area contributed by atoms with Crippen molar-refractivity contribution in [3.05, 3.63) is 59.7 Å². The van der Waals surface area contributed by atoms with Crippen molar-refractivity contribution in [1.82, 2.24) is 10.2 Å². The molecule has 0 saturated carbocycles. The van der Waals surface area contributed by atoms with Crippen LogP contribution in [0.25, 0.3) is 22.9 Å². The fourth-order valence-electron chi connectivity index (χ4n) is 2.17. The fourth-order valence-corrected chi connectivity index (χ4v) is 2.17. The molecule has 3 rings (SSSR count). The lowest BCUT2D eigenvalue weighted by molar-refractivity contribution is 0.0175. The first-order valence-corrected chi connectivity index (χ1v) is 7.00. The van der Waals surface area contributed by atoms with E-state index >= 15 is 0 Å². The molecular formula is C17H12F2N2O3. The second-order valence-corrected chi connectivity index (χ2v) is 5.27. The maximum Gasteiger partial charge on any atom is 0.335 e. The number of halogens is 2. The van der Waals surface area contributed by atoms with E-state index in [0.29, 0.717) is 11.1 Å². The van der Waals surface area contributed by atoms with Crippen molar-refractivity contribution in [2.45, 2.75) is 12.8 Å². The monoisotopic (exact) mass is 330 g/mol. The van der Waals surface area contributed by atoms with Crippen molar-refractivity contribution in [2.75, 3.05) is 0 Å². The summed E-state index contributed by atoms with van der Waals surface area (Å²) in [6.45, 7) is 0.808. The summed E-state index contributed by atoms with van der Waals surface area (Å²) in [5, 5.41) is 16.7. The average Bonchev–Trinajstić information content (AvgIpc) is 3.04. The van der Waals surface area contributed by atoms with Crippen LogP contribution in [0.15, 0.2) is 52.9 Å². The van der Waals surface area contributed by atoms with E-state index in [-0.39, 0.29) is 22.9 Å². The first-order valence-electron chi connectivity index (χ1n) is 7.00. The van der Waals surface area contributed by atoms with Gasteiger partial charge in [0.1, 0.15) is 0 Å². The second-order valence-electron chi connectivity index (χ2n) is 5.27. The molecule has 1 aromatic heterocycles. The molecule has 0 saturated heterocycles. The molecule has 2 aromatic carbocycles. The zero-order valence-electron chi connectivity index (χ0n) is 12.5. The number of hydrogen-bond acceptors (Lipinski definition) is 4. The third-order valence-corrected chi connectivity index (χ3v) is 3.40. The van der Waals surface area contributed by atoms with E-state index in [1.54, 1.807) is 18.2 Å². The Morgan fingerprint density at radius 2 is 1.62 bits per heavy atom. The number of alkyl halides is 2. The lowest BCUT2D eigenvalue weighted by atomic mass is 10.1. The Balaban J connectivity index is 1.97. The molecule has 0 aliphatic rings. The van der Waals surface area contributed by atoms with Crippen LogP contribution in [-0.4, -0.2) is 21.3 Å². The van der Waals surface area contributed by atoms with Crippen LogP contribution >= 0.6 is 0 Å². The van der Waals surface area contributed by atoms with E-state index in [2.05, 4.69) is 10.2 Å². The van der Waals surface area contributed by atoms with Crippen molar-refractivity contribution in [2.24, 2.45) is 0 Å². The van der Waals surface area contributed by atoms with Crippen molar-refractivity contribution >= 4 is 5.97 Å². The lowest BCUT2D eigenvalue weighted by Gasteiger charge is -2.10. The van der Waals surface area contributed by atoms with E-state index in [1.807, 2.05) is 0 Å². The SMILES string of the molecule is CC(F)(F)c1cccc(-c2nnc(-c3cccc(C(=O)O)c3)o2)c1. The highest BCUT2D eigenvalue weighted by atomic mass is 19.3. The number of benzene rings is 2. The van der Waals surface area contributed by atoms with E-state index < -0.39 is 11.9 Å². The molecule has 122 valence electrons. The summed E-state index contributed by atoms with van der Waals surface area (Å²) >= 11 is 0. The van der Waals surface area contributed by atoms with Crippen LogP contribution in [0.2, 0.25) is 0 Å². The molecule has 5 nitrogen and oxygen atoms in total. The second kappa shape index (κ2) is 5.84. The van der Waals surface area contributed by atoms with Crippen LogP contribution in [0.5, 0.6) is 0 Å². The summed E-state index contributed by atoms with van der Waals surface area (Å²) in [6, 6.07) is 11.7. The molecule has 0 radical (unpaired) electrons. The van der Waals surface area contributed by atoms with Gasteiger partial charge in [0.25, 0.3) is 5.92 Å². The van der Waals surface area contributed by atoms with Gasteiger partial charge in [-0.3, -0.25) is 0 Å². The third kappa shape index (κ3) is 3.15. The van der Waals surface area contributed by atoms with Crippen LogP contribution in [0, 0.1) is 0 Å². The molecule has 0 aliphatic heterocycles. The summed E-state index contributed by atoms with van der Waals surface area (Å²) in [4.78, 5) is 11.0.